The van der Waals surface area contributed by atoms with Crippen molar-refractivity contribution in [3.8, 4) is 0 Å². The van der Waals surface area contributed by atoms with E-state index in [0.717, 1.165) is 31.9 Å². The number of methoxy groups -OCH3 is 1. The SMILES string of the molecule is COCCCNc1ccc(C(=O)NCCN(C)C)cn1. The van der Waals surface area contributed by atoms with E-state index < -0.39 is 0 Å². The van der Waals surface area contributed by atoms with Crippen molar-refractivity contribution >= 4 is 11.7 Å². The number of nitrogens with zero attached hydrogens (tertiary/aromatic N) is 2. The van der Waals surface area contributed by atoms with Crippen LogP contribution in [-0.2, 0) is 4.74 Å². The number of anilines is 1. The van der Waals surface area contributed by atoms with Gasteiger partial charge in [-0.1, -0.05) is 0 Å². The van der Waals surface area contributed by atoms with Crippen molar-refractivity contribution in [1.82, 2.24) is 15.2 Å². The van der Waals surface area contributed by atoms with Gasteiger partial charge in [0.15, 0.2) is 0 Å². The molecule has 0 aromatic carbocycles. The van der Waals surface area contributed by atoms with Gasteiger partial charge in [-0.15, -0.1) is 0 Å². The van der Waals surface area contributed by atoms with Gasteiger partial charge in [0.2, 0.25) is 0 Å². The molecule has 1 aromatic rings. The molecule has 0 aliphatic carbocycles. The van der Waals surface area contributed by atoms with Gasteiger partial charge in [-0.3, -0.25) is 4.79 Å². The van der Waals surface area contributed by atoms with Crippen LogP contribution in [0, 0.1) is 0 Å². The maximum atomic E-state index is 11.8. The number of rotatable bonds is 9. The molecule has 6 heteroatoms. The van der Waals surface area contributed by atoms with E-state index in [1.807, 2.05) is 25.1 Å². The number of ether oxygens (including phenoxy) is 1. The standard InChI is InChI=1S/C14H24N4O2/c1-18(2)9-8-16-14(19)12-5-6-13(17-11-12)15-7-4-10-20-3/h5-6,11H,4,7-10H2,1-3H3,(H,15,17)(H,16,19). The first kappa shape index (κ1) is 16.4. The van der Waals surface area contributed by atoms with Gasteiger partial charge in [0.25, 0.3) is 5.91 Å². The number of carbonyl (C=O) groups is 1. The molecule has 1 heterocycles. The van der Waals surface area contributed by atoms with E-state index in [9.17, 15) is 4.79 Å². The summed E-state index contributed by atoms with van der Waals surface area (Å²) in [6, 6.07) is 3.59. The summed E-state index contributed by atoms with van der Waals surface area (Å²) < 4.78 is 4.97. The zero-order chi connectivity index (χ0) is 14.8. The van der Waals surface area contributed by atoms with Crippen LogP contribution >= 0.6 is 0 Å². The highest BCUT2D eigenvalue weighted by molar-refractivity contribution is 5.94. The number of nitrogens with one attached hydrogen (secondary N) is 2. The first-order valence-corrected chi connectivity index (χ1v) is 6.75. The molecule has 0 aliphatic rings. The molecule has 0 spiro atoms. The van der Waals surface area contributed by atoms with E-state index in [0.29, 0.717) is 12.1 Å². The van der Waals surface area contributed by atoms with E-state index in [2.05, 4.69) is 15.6 Å². The van der Waals surface area contributed by atoms with E-state index in [1.54, 1.807) is 19.4 Å². The molecular formula is C14H24N4O2. The smallest absolute Gasteiger partial charge is 0.252 e. The summed E-state index contributed by atoms with van der Waals surface area (Å²) in [4.78, 5) is 18.1. The number of aromatic nitrogens is 1. The van der Waals surface area contributed by atoms with Crippen LogP contribution in [0.2, 0.25) is 0 Å². The quantitative estimate of drug-likeness (QED) is 0.656. The number of pyridine rings is 1. The molecule has 0 radical (unpaired) electrons. The largest absolute Gasteiger partial charge is 0.385 e. The zero-order valence-electron chi connectivity index (χ0n) is 12.5. The lowest BCUT2D eigenvalue weighted by Crippen LogP contribution is -2.31. The van der Waals surface area contributed by atoms with Crippen molar-refractivity contribution in [2.75, 3.05) is 52.8 Å². The van der Waals surface area contributed by atoms with Crippen molar-refractivity contribution in [3.05, 3.63) is 23.9 Å². The predicted molar refractivity (Wildman–Crippen MR) is 80.1 cm³/mol. The van der Waals surface area contributed by atoms with Crippen LogP contribution in [0.5, 0.6) is 0 Å². The molecule has 0 fully saturated rings. The molecule has 112 valence electrons. The molecule has 1 rings (SSSR count). The van der Waals surface area contributed by atoms with Crippen LogP contribution in [0.4, 0.5) is 5.82 Å². The number of amides is 1. The second-order valence-corrected chi connectivity index (χ2v) is 4.76. The van der Waals surface area contributed by atoms with Gasteiger partial charge < -0.3 is 20.3 Å². The topological polar surface area (TPSA) is 66.5 Å². The summed E-state index contributed by atoms with van der Waals surface area (Å²) in [5.41, 5.74) is 0.575. The van der Waals surface area contributed by atoms with Gasteiger partial charge in [0, 0.05) is 39.5 Å². The number of carbonyl (C=O) groups excluding carboxylic acids is 1. The first-order chi connectivity index (χ1) is 9.63. The van der Waals surface area contributed by atoms with Crippen molar-refractivity contribution in [1.29, 1.82) is 0 Å². The van der Waals surface area contributed by atoms with Crippen LogP contribution < -0.4 is 10.6 Å². The van der Waals surface area contributed by atoms with Gasteiger partial charge in [0.1, 0.15) is 5.82 Å². The fraction of sp³-hybridized carbons (Fsp3) is 0.571. The summed E-state index contributed by atoms with van der Waals surface area (Å²) >= 11 is 0. The lowest BCUT2D eigenvalue weighted by molar-refractivity contribution is 0.0950. The average molecular weight is 280 g/mol. The van der Waals surface area contributed by atoms with Gasteiger partial charge >= 0.3 is 0 Å². The summed E-state index contributed by atoms with van der Waals surface area (Å²) in [6.45, 7) is 2.97. The van der Waals surface area contributed by atoms with Crippen molar-refractivity contribution < 1.29 is 9.53 Å². The highest BCUT2D eigenvalue weighted by Gasteiger charge is 2.05. The lowest BCUT2D eigenvalue weighted by Gasteiger charge is -2.10. The van der Waals surface area contributed by atoms with Crippen molar-refractivity contribution in [2.45, 2.75) is 6.42 Å². The van der Waals surface area contributed by atoms with E-state index >= 15 is 0 Å². The van der Waals surface area contributed by atoms with Gasteiger partial charge in [0.05, 0.1) is 5.56 Å². The molecule has 0 unspecified atom stereocenters. The highest BCUT2D eigenvalue weighted by atomic mass is 16.5. The number of likely N-dealkylation sites (N-methyl/N-ethyl adjacent to an activating group) is 1. The highest BCUT2D eigenvalue weighted by Crippen LogP contribution is 2.05. The molecule has 0 saturated heterocycles. The van der Waals surface area contributed by atoms with Crippen LogP contribution in [0.25, 0.3) is 0 Å². The Morgan fingerprint density at radius 2 is 2.15 bits per heavy atom. The third kappa shape index (κ3) is 6.49. The maximum Gasteiger partial charge on any atom is 0.252 e. The molecule has 0 saturated carbocycles. The Morgan fingerprint density at radius 3 is 2.75 bits per heavy atom. The van der Waals surface area contributed by atoms with E-state index in [4.69, 9.17) is 4.74 Å². The molecule has 1 aromatic heterocycles. The first-order valence-electron chi connectivity index (χ1n) is 6.75. The molecule has 1 amide bonds. The Kier molecular flexibility index (Phi) is 7.60. The lowest BCUT2D eigenvalue weighted by atomic mass is 10.2. The molecular weight excluding hydrogens is 256 g/mol. The minimum Gasteiger partial charge on any atom is -0.385 e. The maximum absolute atomic E-state index is 11.8. The van der Waals surface area contributed by atoms with Crippen molar-refractivity contribution in [3.63, 3.8) is 0 Å². The average Bonchev–Trinajstić information content (AvgIpc) is 2.44. The van der Waals surface area contributed by atoms with E-state index in [-0.39, 0.29) is 5.91 Å². The second-order valence-electron chi connectivity index (χ2n) is 4.76. The Labute approximate surface area is 120 Å². The van der Waals surface area contributed by atoms with Crippen molar-refractivity contribution in [2.24, 2.45) is 0 Å². The molecule has 6 nitrogen and oxygen atoms in total. The normalized spacial score (nSPS) is 10.6. The predicted octanol–water partition coefficient (Wildman–Crippen LogP) is 0.821. The second kappa shape index (κ2) is 9.28. The summed E-state index contributed by atoms with van der Waals surface area (Å²) in [6.07, 6.45) is 2.51. The van der Waals surface area contributed by atoms with Crippen LogP contribution in [0.15, 0.2) is 18.3 Å². The molecule has 0 bridgehead atoms. The molecule has 2 N–H and O–H groups in total. The zero-order valence-corrected chi connectivity index (χ0v) is 12.5. The van der Waals surface area contributed by atoms with Crippen LogP contribution in [0.1, 0.15) is 16.8 Å². The molecule has 0 aliphatic heterocycles. The minimum atomic E-state index is -0.0923. The monoisotopic (exact) mass is 280 g/mol. The van der Waals surface area contributed by atoms with E-state index in [1.165, 1.54) is 0 Å². The fourth-order valence-corrected chi connectivity index (χ4v) is 1.56. The molecule has 20 heavy (non-hydrogen) atoms. The third-order valence-electron chi connectivity index (χ3n) is 2.70. The van der Waals surface area contributed by atoms with Gasteiger partial charge in [-0.2, -0.15) is 0 Å². The van der Waals surface area contributed by atoms with Gasteiger partial charge in [-0.05, 0) is 32.6 Å². The van der Waals surface area contributed by atoms with Gasteiger partial charge in [-0.25, -0.2) is 4.98 Å². The summed E-state index contributed by atoms with van der Waals surface area (Å²) in [5, 5.41) is 6.03. The molecule has 0 atom stereocenters. The Morgan fingerprint density at radius 1 is 1.35 bits per heavy atom. The fourth-order valence-electron chi connectivity index (χ4n) is 1.56. The Balaban J connectivity index is 2.35. The minimum absolute atomic E-state index is 0.0923. The van der Waals surface area contributed by atoms with Crippen LogP contribution in [0.3, 0.4) is 0 Å². The summed E-state index contributed by atoms with van der Waals surface area (Å²) in [5.74, 6) is 0.677. The number of hydrogen-bond acceptors (Lipinski definition) is 5. The Hall–Kier alpha value is -1.66. The van der Waals surface area contributed by atoms with Crippen LogP contribution in [-0.4, -0.2) is 63.2 Å². The summed E-state index contributed by atoms with van der Waals surface area (Å²) in [7, 11) is 5.62. The number of hydrogen-bond donors (Lipinski definition) is 2. The Bertz CT molecular complexity index is 393. The third-order valence-corrected chi connectivity index (χ3v) is 2.70.